The van der Waals surface area contributed by atoms with Crippen LogP contribution in [0.3, 0.4) is 0 Å². The first-order chi connectivity index (χ1) is 13.0. The van der Waals surface area contributed by atoms with E-state index >= 15 is 0 Å². The van der Waals surface area contributed by atoms with Crippen LogP contribution in [0.1, 0.15) is 15.9 Å². The lowest BCUT2D eigenvalue weighted by Crippen LogP contribution is -2.02. The summed E-state index contributed by atoms with van der Waals surface area (Å²) in [5, 5.41) is 20.8. The number of carbonyl (C=O) groups is 1. The molecule has 3 aromatic carbocycles. The van der Waals surface area contributed by atoms with E-state index in [1.807, 2.05) is 30.3 Å². The molecule has 0 radical (unpaired) electrons. The van der Waals surface area contributed by atoms with Gasteiger partial charge in [-0.25, -0.2) is 4.79 Å². The zero-order chi connectivity index (χ0) is 19.4. The minimum atomic E-state index is -1.08. The number of nitrogens with zero attached hydrogens (tertiary/aromatic N) is 1. The fraction of sp³-hybridized carbons (Fsp3) is 0.0500. The third-order valence-electron chi connectivity index (χ3n) is 3.88. The van der Waals surface area contributed by atoms with Crippen molar-refractivity contribution in [1.82, 2.24) is 0 Å². The van der Waals surface area contributed by atoms with Gasteiger partial charge in [-0.05, 0) is 29.3 Å². The molecule has 0 spiro atoms. The molecule has 7 heteroatoms. The molecule has 0 heterocycles. The minimum absolute atomic E-state index is 0.0872. The number of nitro benzene ring substituents is 1. The Morgan fingerprint density at radius 1 is 1.07 bits per heavy atom. The first-order valence-electron chi connectivity index (χ1n) is 7.94. The molecular formula is C20H14BrNO5. The lowest BCUT2D eigenvalue weighted by Gasteiger charge is -2.13. The van der Waals surface area contributed by atoms with E-state index in [9.17, 15) is 20.0 Å². The van der Waals surface area contributed by atoms with Crippen LogP contribution in [-0.2, 0) is 6.61 Å². The highest BCUT2D eigenvalue weighted by Crippen LogP contribution is 2.41. The molecular weight excluding hydrogens is 414 g/mol. The van der Waals surface area contributed by atoms with Gasteiger partial charge in [0.25, 0.3) is 0 Å². The summed E-state index contributed by atoms with van der Waals surface area (Å²) in [5.74, 6) is -0.984. The Morgan fingerprint density at radius 2 is 1.81 bits per heavy atom. The molecule has 3 rings (SSSR count). The van der Waals surface area contributed by atoms with Gasteiger partial charge in [0.05, 0.1) is 10.5 Å². The zero-order valence-corrected chi connectivity index (χ0v) is 15.5. The van der Waals surface area contributed by atoms with Gasteiger partial charge in [0.2, 0.25) is 5.75 Å². The van der Waals surface area contributed by atoms with Gasteiger partial charge >= 0.3 is 11.7 Å². The van der Waals surface area contributed by atoms with E-state index in [4.69, 9.17) is 4.74 Å². The van der Waals surface area contributed by atoms with E-state index in [2.05, 4.69) is 15.9 Å². The smallest absolute Gasteiger partial charge is 0.335 e. The summed E-state index contributed by atoms with van der Waals surface area (Å²) in [5.41, 5.74) is 1.71. The number of carboxylic acids is 1. The van der Waals surface area contributed by atoms with Crippen LogP contribution in [-0.4, -0.2) is 16.0 Å². The van der Waals surface area contributed by atoms with Crippen molar-refractivity contribution in [2.24, 2.45) is 0 Å². The Morgan fingerprint density at radius 3 is 2.48 bits per heavy atom. The molecule has 136 valence electrons. The Bertz CT molecular complexity index is 1000. The minimum Gasteiger partial charge on any atom is -0.482 e. The second-order valence-electron chi connectivity index (χ2n) is 5.72. The molecule has 1 N–H and O–H groups in total. The highest BCUT2D eigenvalue weighted by atomic mass is 79.9. The Labute approximate surface area is 163 Å². The largest absolute Gasteiger partial charge is 0.482 e. The number of ether oxygens (including phenoxy) is 1. The number of aromatic carboxylic acids is 1. The second-order valence-corrected chi connectivity index (χ2v) is 6.63. The van der Waals surface area contributed by atoms with E-state index in [-0.39, 0.29) is 23.6 Å². The fourth-order valence-corrected chi connectivity index (χ4v) is 3.08. The monoisotopic (exact) mass is 427 g/mol. The van der Waals surface area contributed by atoms with Crippen molar-refractivity contribution in [1.29, 1.82) is 0 Å². The van der Waals surface area contributed by atoms with Crippen molar-refractivity contribution in [3.8, 4) is 16.9 Å². The van der Waals surface area contributed by atoms with Gasteiger partial charge in [-0.15, -0.1) is 0 Å². The van der Waals surface area contributed by atoms with E-state index in [1.54, 1.807) is 18.2 Å². The van der Waals surface area contributed by atoms with Crippen LogP contribution in [0.15, 0.2) is 71.2 Å². The summed E-state index contributed by atoms with van der Waals surface area (Å²) < 4.78 is 6.31. The first kappa shape index (κ1) is 18.6. The maximum absolute atomic E-state index is 11.6. The predicted molar refractivity (Wildman–Crippen MR) is 104 cm³/mol. The van der Waals surface area contributed by atoms with Crippen LogP contribution in [0.4, 0.5) is 5.69 Å². The predicted octanol–water partition coefficient (Wildman–Crippen LogP) is 5.30. The summed E-state index contributed by atoms with van der Waals surface area (Å²) in [4.78, 5) is 22.3. The Kier molecular flexibility index (Phi) is 5.52. The van der Waals surface area contributed by atoms with Gasteiger partial charge < -0.3 is 9.84 Å². The molecule has 0 fully saturated rings. The second kappa shape index (κ2) is 8.01. The van der Waals surface area contributed by atoms with Crippen molar-refractivity contribution < 1.29 is 19.6 Å². The number of hydrogen-bond acceptors (Lipinski definition) is 4. The fourth-order valence-electron chi connectivity index (χ4n) is 2.63. The van der Waals surface area contributed by atoms with Crippen LogP contribution in [0.2, 0.25) is 0 Å². The average molecular weight is 428 g/mol. The van der Waals surface area contributed by atoms with E-state index in [1.165, 1.54) is 18.2 Å². The molecule has 0 aliphatic rings. The average Bonchev–Trinajstić information content (AvgIpc) is 2.67. The van der Waals surface area contributed by atoms with Crippen LogP contribution < -0.4 is 4.74 Å². The van der Waals surface area contributed by atoms with Gasteiger partial charge in [0.15, 0.2) is 0 Å². The molecule has 3 aromatic rings. The number of benzene rings is 3. The third-order valence-corrected chi connectivity index (χ3v) is 4.34. The first-order valence-corrected chi connectivity index (χ1v) is 8.73. The molecule has 0 aliphatic heterocycles. The number of rotatable bonds is 6. The normalized spacial score (nSPS) is 10.4. The summed E-state index contributed by atoms with van der Waals surface area (Å²) >= 11 is 3.28. The molecule has 6 nitrogen and oxygen atoms in total. The lowest BCUT2D eigenvalue weighted by molar-refractivity contribution is -0.385. The quantitative estimate of drug-likeness (QED) is 0.425. The number of halogens is 1. The van der Waals surface area contributed by atoms with Crippen LogP contribution in [0.25, 0.3) is 11.1 Å². The summed E-state index contributed by atoms with van der Waals surface area (Å²) in [6.45, 7) is 0.148. The van der Waals surface area contributed by atoms with Gasteiger partial charge in [0.1, 0.15) is 6.61 Å². The molecule has 0 bridgehead atoms. The van der Waals surface area contributed by atoms with Gasteiger partial charge in [0, 0.05) is 16.1 Å². The number of carboxylic acid groups (broad SMARTS) is 1. The van der Waals surface area contributed by atoms with Crippen molar-refractivity contribution in [3.05, 3.63) is 92.4 Å². The summed E-state index contributed by atoms with van der Waals surface area (Å²) in [6, 6.07) is 18.5. The number of nitro groups is 1. The van der Waals surface area contributed by atoms with Crippen molar-refractivity contribution in [3.63, 3.8) is 0 Å². The van der Waals surface area contributed by atoms with Crippen molar-refractivity contribution in [2.45, 2.75) is 6.61 Å². The van der Waals surface area contributed by atoms with Crippen molar-refractivity contribution >= 4 is 27.6 Å². The molecule has 0 amide bonds. The van der Waals surface area contributed by atoms with Gasteiger partial charge in [-0.2, -0.15) is 0 Å². The zero-order valence-electron chi connectivity index (χ0n) is 14.0. The molecule has 0 atom stereocenters. The number of hydrogen-bond donors (Lipinski definition) is 1. The molecule has 0 aromatic heterocycles. The van der Waals surface area contributed by atoms with E-state index in [0.717, 1.165) is 5.56 Å². The van der Waals surface area contributed by atoms with E-state index in [0.29, 0.717) is 15.6 Å². The Balaban J connectivity index is 2.10. The van der Waals surface area contributed by atoms with Crippen LogP contribution in [0.5, 0.6) is 5.75 Å². The molecule has 0 saturated heterocycles. The van der Waals surface area contributed by atoms with Gasteiger partial charge in [-0.1, -0.05) is 58.4 Å². The van der Waals surface area contributed by atoms with Crippen molar-refractivity contribution in [2.75, 3.05) is 0 Å². The van der Waals surface area contributed by atoms with E-state index < -0.39 is 10.9 Å². The highest BCUT2D eigenvalue weighted by molar-refractivity contribution is 9.10. The highest BCUT2D eigenvalue weighted by Gasteiger charge is 2.22. The topological polar surface area (TPSA) is 89.7 Å². The molecule has 0 unspecified atom stereocenters. The third kappa shape index (κ3) is 4.32. The maximum atomic E-state index is 11.6. The van der Waals surface area contributed by atoms with Gasteiger partial charge in [-0.3, -0.25) is 10.1 Å². The SMILES string of the molecule is O=C(O)c1cccc(-c2cc(Br)cc([N+](=O)[O-])c2OCc2ccccc2)c1. The van der Waals surface area contributed by atoms with Crippen LogP contribution >= 0.6 is 15.9 Å². The van der Waals surface area contributed by atoms with Crippen LogP contribution in [0, 0.1) is 10.1 Å². The Hall–Kier alpha value is -3.19. The lowest BCUT2D eigenvalue weighted by atomic mass is 10.0. The molecule has 0 saturated carbocycles. The maximum Gasteiger partial charge on any atom is 0.335 e. The molecule has 27 heavy (non-hydrogen) atoms. The summed E-state index contributed by atoms with van der Waals surface area (Å²) in [7, 11) is 0. The standard InChI is InChI=1S/C20H14BrNO5/c21-16-10-17(14-7-4-8-15(9-14)20(23)24)19(18(11-16)22(25)26)27-12-13-5-2-1-3-6-13/h1-11H,12H2,(H,23,24). The summed E-state index contributed by atoms with van der Waals surface area (Å²) in [6.07, 6.45) is 0. The molecule has 0 aliphatic carbocycles.